The topological polar surface area (TPSA) is 60.7 Å². The first-order valence-electron chi connectivity index (χ1n) is 6.46. The van der Waals surface area contributed by atoms with Gasteiger partial charge in [0.15, 0.2) is 0 Å². The summed E-state index contributed by atoms with van der Waals surface area (Å²) in [5.41, 5.74) is -0.297. The van der Waals surface area contributed by atoms with Crippen molar-refractivity contribution in [3.63, 3.8) is 0 Å². The minimum atomic E-state index is -1.08. The van der Waals surface area contributed by atoms with E-state index >= 15 is 0 Å². The number of esters is 1. The van der Waals surface area contributed by atoms with Gasteiger partial charge in [0, 0.05) is 23.2 Å². The van der Waals surface area contributed by atoms with Crippen molar-refractivity contribution in [3.05, 3.63) is 44.9 Å². The van der Waals surface area contributed by atoms with Crippen molar-refractivity contribution in [1.29, 1.82) is 0 Å². The standard InChI is InChI=1S/C14H11BrCl2N2O3/c1-13(7-14(13,16)17)12(21)22-6-9-4-11(20)19-5-8(15)2-3-10(19)18-9/h2-5H,6-7H2,1H3/t13-/m0/s1. The molecule has 2 aromatic rings. The predicted molar refractivity (Wildman–Crippen MR) is 86.1 cm³/mol. The Morgan fingerprint density at radius 2 is 2.18 bits per heavy atom. The third kappa shape index (κ3) is 2.64. The third-order valence-corrected chi connectivity index (χ3v) is 5.31. The zero-order chi connectivity index (χ0) is 16.1. The highest BCUT2D eigenvalue weighted by Crippen LogP contribution is 2.64. The first kappa shape index (κ1) is 15.8. The van der Waals surface area contributed by atoms with E-state index in [1.165, 1.54) is 10.5 Å². The zero-order valence-corrected chi connectivity index (χ0v) is 14.6. The Labute approximate surface area is 144 Å². The van der Waals surface area contributed by atoms with E-state index in [1.54, 1.807) is 25.3 Å². The molecule has 1 aliphatic carbocycles. The number of halogens is 3. The minimum Gasteiger partial charge on any atom is -0.459 e. The number of ether oxygens (including phenoxy) is 1. The molecule has 1 aliphatic rings. The van der Waals surface area contributed by atoms with Gasteiger partial charge in [-0.05, 0) is 35.0 Å². The predicted octanol–water partition coefficient (Wildman–Crippen LogP) is 3.08. The molecular formula is C14H11BrCl2N2O3. The third-order valence-electron chi connectivity index (χ3n) is 3.74. The van der Waals surface area contributed by atoms with Crippen LogP contribution in [0.1, 0.15) is 19.0 Å². The average molecular weight is 406 g/mol. The SMILES string of the molecule is C[C@@]1(C(=O)OCc2cc(=O)n3cc(Br)ccc3n2)CC1(Cl)Cl. The number of carbonyl (C=O) groups is 1. The molecule has 0 bridgehead atoms. The summed E-state index contributed by atoms with van der Waals surface area (Å²) >= 11 is 15.2. The number of hydrogen-bond donors (Lipinski definition) is 0. The molecule has 0 N–H and O–H groups in total. The van der Waals surface area contributed by atoms with Crippen molar-refractivity contribution in [2.45, 2.75) is 24.3 Å². The Balaban J connectivity index is 1.79. The number of fused-ring (bicyclic) bond motifs is 1. The molecule has 2 heterocycles. The van der Waals surface area contributed by atoms with Gasteiger partial charge in [-0.3, -0.25) is 14.0 Å². The van der Waals surface area contributed by atoms with Gasteiger partial charge in [-0.15, -0.1) is 23.2 Å². The van der Waals surface area contributed by atoms with E-state index in [2.05, 4.69) is 20.9 Å². The highest BCUT2D eigenvalue weighted by molar-refractivity contribution is 9.10. The van der Waals surface area contributed by atoms with E-state index in [1.807, 2.05) is 0 Å². The fraction of sp³-hybridized carbons (Fsp3) is 0.357. The molecule has 3 rings (SSSR count). The van der Waals surface area contributed by atoms with Crippen LogP contribution in [0.5, 0.6) is 0 Å². The summed E-state index contributed by atoms with van der Waals surface area (Å²) in [4.78, 5) is 28.3. The van der Waals surface area contributed by atoms with Crippen LogP contribution in [0.2, 0.25) is 0 Å². The highest BCUT2D eigenvalue weighted by Gasteiger charge is 2.69. The minimum absolute atomic E-state index is 0.0971. The van der Waals surface area contributed by atoms with Crippen LogP contribution in [0.15, 0.2) is 33.7 Å². The van der Waals surface area contributed by atoms with Crippen LogP contribution in [-0.2, 0) is 16.1 Å². The Bertz CT molecular complexity index is 836. The van der Waals surface area contributed by atoms with Crippen molar-refractivity contribution >= 4 is 50.7 Å². The highest BCUT2D eigenvalue weighted by atomic mass is 79.9. The van der Waals surface area contributed by atoms with Gasteiger partial charge >= 0.3 is 5.97 Å². The molecule has 116 valence electrons. The van der Waals surface area contributed by atoms with Gasteiger partial charge in [0.05, 0.1) is 5.69 Å². The van der Waals surface area contributed by atoms with Crippen LogP contribution >= 0.6 is 39.1 Å². The number of aromatic nitrogens is 2. The second kappa shape index (κ2) is 5.22. The maximum absolute atomic E-state index is 12.0. The van der Waals surface area contributed by atoms with E-state index in [0.717, 1.165) is 4.47 Å². The molecule has 0 amide bonds. The molecule has 0 spiro atoms. The number of alkyl halides is 2. The maximum Gasteiger partial charge on any atom is 0.315 e. The number of pyridine rings is 1. The normalized spacial score (nSPS) is 22.5. The molecule has 1 saturated carbocycles. The molecule has 0 unspecified atom stereocenters. The quantitative estimate of drug-likeness (QED) is 0.581. The van der Waals surface area contributed by atoms with Crippen LogP contribution in [0, 0.1) is 5.41 Å². The van der Waals surface area contributed by atoms with E-state index in [-0.39, 0.29) is 12.2 Å². The van der Waals surface area contributed by atoms with Gasteiger partial charge in [-0.1, -0.05) is 0 Å². The van der Waals surface area contributed by atoms with E-state index in [4.69, 9.17) is 27.9 Å². The Kier molecular flexibility index (Phi) is 3.74. The monoisotopic (exact) mass is 404 g/mol. The lowest BCUT2D eigenvalue weighted by Gasteiger charge is -2.11. The molecule has 0 radical (unpaired) electrons. The van der Waals surface area contributed by atoms with E-state index < -0.39 is 15.7 Å². The molecule has 0 aliphatic heterocycles. The van der Waals surface area contributed by atoms with E-state index in [9.17, 15) is 9.59 Å². The summed E-state index contributed by atoms with van der Waals surface area (Å²) in [5, 5.41) is 0. The van der Waals surface area contributed by atoms with Crippen molar-refractivity contribution < 1.29 is 9.53 Å². The maximum atomic E-state index is 12.0. The van der Waals surface area contributed by atoms with Crippen LogP contribution in [0.4, 0.5) is 0 Å². The summed E-state index contributed by atoms with van der Waals surface area (Å²) in [5.74, 6) is -0.490. The van der Waals surface area contributed by atoms with Gasteiger partial charge < -0.3 is 4.74 Å². The molecule has 1 atom stereocenters. The molecule has 0 saturated heterocycles. The molecule has 5 nitrogen and oxygen atoms in total. The lowest BCUT2D eigenvalue weighted by atomic mass is 10.1. The van der Waals surface area contributed by atoms with Gasteiger partial charge in [0.25, 0.3) is 5.56 Å². The summed E-state index contributed by atoms with van der Waals surface area (Å²) in [6.07, 6.45) is 1.98. The molecule has 8 heteroatoms. The van der Waals surface area contributed by atoms with Crippen LogP contribution in [-0.4, -0.2) is 19.7 Å². The Morgan fingerprint density at radius 1 is 1.50 bits per heavy atom. The first-order valence-corrected chi connectivity index (χ1v) is 8.01. The average Bonchev–Trinajstić information content (AvgIpc) is 2.97. The van der Waals surface area contributed by atoms with Crippen LogP contribution in [0.25, 0.3) is 5.65 Å². The zero-order valence-electron chi connectivity index (χ0n) is 11.5. The molecule has 2 aromatic heterocycles. The number of hydrogen-bond acceptors (Lipinski definition) is 4. The molecule has 22 heavy (non-hydrogen) atoms. The number of rotatable bonds is 3. The first-order chi connectivity index (χ1) is 10.2. The van der Waals surface area contributed by atoms with Crippen molar-refractivity contribution in [1.82, 2.24) is 9.38 Å². The lowest BCUT2D eigenvalue weighted by Crippen LogP contribution is -2.22. The van der Waals surface area contributed by atoms with Gasteiger partial charge in [0.1, 0.15) is 22.0 Å². The van der Waals surface area contributed by atoms with Gasteiger partial charge in [0.2, 0.25) is 0 Å². The smallest absolute Gasteiger partial charge is 0.315 e. The summed E-state index contributed by atoms with van der Waals surface area (Å²) in [7, 11) is 0. The Hall–Kier alpha value is -1.11. The summed E-state index contributed by atoms with van der Waals surface area (Å²) in [6, 6.07) is 4.80. The molecular weight excluding hydrogens is 395 g/mol. The molecule has 0 aromatic carbocycles. The van der Waals surface area contributed by atoms with Crippen LogP contribution < -0.4 is 5.56 Å². The fourth-order valence-electron chi connectivity index (χ4n) is 2.12. The Morgan fingerprint density at radius 3 is 2.82 bits per heavy atom. The summed E-state index contributed by atoms with van der Waals surface area (Å²) in [6.45, 7) is 1.55. The largest absolute Gasteiger partial charge is 0.459 e. The van der Waals surface area contributed by atoms with Crippen molar-refractivity contribution in [2.75, 3.05) is 0 Å². The van der Waals surface area contributed by atoms with Crippen molar-refractivity contribution in [2.24, 2.45) is 5.41 Å². The van der Waals surface area contributed by atoms with Crippen molar-refractivity contribution in [3.8, 4) is 0 Å². The second-order valence-electron chi connectivity index (χ2n) is 5.45. The molecule has 1 fully saturated rings. The second-order valence-corrected chi connectivity index (χ2v) is 7.85. The van der Waals surface area contributed by atoms with Gasteiger partial charge in [-0.2, -0.15) is 0 Å². The fourth-order valence-corrected chi connectivity index (χ4v) is 3.15. The van der Waals surface area contributed by atoms with Gasteiger partial charge in [-0.25, -0.2) is 4.98 Å². The summed E-state index contributed by atoms with van der Waals surface area (Å²) < 4.78 is 6.29. The number of nitrogens with zero attached hydrogens (tertiary/aromatic N) is 2. The van der Waals surface area contributed by atoms with Crippen LogP contribution in [0.3, 0.4) is 0 Å². The van der Waals surface area contributed by atoms with E-state index in [0.29, 0.717) is 17.8 Å². The lowest BCUT2D eigenvalue weighted by molar-refractivity contribution is -0.151. The number of carbonyl (C=O) groups excluding carboxylic acids is 1.